The first-order valence-corrected chi connectivity index (χ1v) is 4.47. The van der Waals surface area contributed by atoms with Crippen LogP contribution in [0.25, 0.3) is 0 Å². The van der Waals surface area contributed by atoms with Crippen LogP contribution in [0, 0.1) is 0 Å². The topological polar surface area (TPSA) is 3.24 Å². The number of benzene rings is 1. The second-order valence-electron chi connectivity index (χ2n) is 3.04. The maximum Gasteiger partial charge on any atom is 0.00157 e. The Balaban J connectivity index is 0. The Hall–Kier alpha value is -0.790. The summed E-state index contributed by atoms with van der Waals surface area (Å²) in [6.07, 6.45) is 1.15. The van der Waals surface area contributed by atoms with Crippen LogP contribution >= 0.6 is 12.4 Å². The molecule has 1 aromatic rings. The molecule has 0 heterocycles. The van der Waals surface area contributed by atoms with Gasteiger partial charge in [-0.1, -0.05) is 30.3 Å². The molecular formula is C12H20ClN. The van der Waals surface area contributed by atoms with Crippen LogP contribution in [-0.4, -0.2) is 25.5 Å². The van der Waals surface area contributed by atoms with Crippen molar-refractivity contribution in [2.24, 2.45) is 0 Å². The monoisotopic (exact) mass is 213 g/mol. The molecule has 0 saturated carbocycles. The van der Waals surface area contributed by atoms with Crippen molar-refractivity contribution < 1.29 is 0 Å². The number of nitrogens with zero attached hydrogens (tertiary/aromatic N) is 1. The molecule has 0 bridgehead atoms. The van der Waals surface area contributed by atoms with Crippen molar-refractivity contribution in [2.75, 3.05) is 20.6 Å². The standard InChI is InChI=1S/C10H15N.C2H4.ClH/c1-11(2)9-8-10-6-4-3-5-7-10;1-2;/h3-7H,8-9H2,1-2H3;1-2H2;1H. The summed E-state index contributed by atoms with van der Waals surface area (Å²) in [4.78, 5) is 2.20. The predicted molar refractivity (Wildman–Crippen MR) is 67.2 cm³/mol. The fourth-order valence-electron chi connectivity index (χ4n) is 0.997. The van der Waals surface area contributed by atoms with Gasteiger partial charge in [-0.15, -0.1) is 25.6 Å². The molecule has 0 unspecified atom stereocenters. The summed E-state index contributed by atoms with van der Waals surface area (Å²) in [7, 11) is 4.20. The smallest absolute Gasteiger partial charge is 0.00157 e. The third-order valence-corrected chi connectivity index (χ3v) is 1.69. The van der Waals surface area contributed by atoms with E-state index in [1.54, 1.807) is 0 Å². The van der Waals surface area contributed by atoms with Crippen LogP contribution in [0.2, 0.25) is 0 Å². The van der Waals surface area contributed by atoms with E-state index >= 15 is 0 Å². The van der Waals surface area contributed by atoms with Crippen molar-refractivity contribution in [1.29, 1.82) is 0 Å². The highest BCUT2D eigenvalue weighted by atomic mass is 35.5. The fourth-order valence-corrected chi connectivity index (χ4v) is 0.997. The summed E-state index contributed by atoms with van der Waals surface area (Å²) in [5, 5.41) is 0. The maximum atomic E-state index is 3.00. The van der Waals surface area contributed by atoms with Gasteiger partial charge in [-0.2, -0.15) is 0 Å². The second-order valence-corrected chi connectivity index (χ2v) is 3.04. The van der Waals surface area contributed by atoms with E-state index in [1.165, 1.54) is 5.56 Å². The van der Waals surface area contributed by atoms with Gasteiger partial charge in [0.15, 0.2) is 0 Å². The molecule has 0 atom stereocenters. The number of hydrogen-bond donors (Lipinski definition) is 0. The van der Waals surface area contributed by atoms with Gasteiger partial charge in [-0.3, -0.25) is 0 Å². The Morgan fingerprint density at radius 1 is 1.07 bits per heavy atom. The lowest BCUT2D eigenvalue weighted by Gasteiger charge is -2.08. The summed E-state index contributed by atoms with van der Waals surface area (Å²) >= 11 is 0. The first-order chi connectivity index (χ1) is 6.29. The van der Waals surface area contributed by atoms with Gasteiger partial charge in [0.2, 0.25) is 0 Å². The zero-order chi connectivity index (χ0) is 10.1. The van der Waals surface area contributed by atoms with Crippen molar-refractivity contribution in [1.82, 2.24) is 4.90 Å². The molecule has 0 amide bonds. The zero-order valence-electron chi connectivity index (χ0n) is 9.07. The summed E-state index contributed by atoms with van der Waals surface area (Å²) < 4.78 is 0. The lowest BCUT2D eigenvalue weighted by atomic mass is 10.1. The molecule has 1 aromatic carbocycles. The Bertz CT molecular complexity index is 209. The number of hydrogen-bond acceptors (Lipinski definition) is 1. The number of rotatable bonds is 3. The SMILES string of the molecule is C=C.CN(C)CCc1ccccc1.Cl. The molecule has 0 radical (unpaired) electrons. The zero-order valence-corrected chi connectivity index (χ0v) is 9.89. The lowest BCUT2D eigenvalue weighted by Crippen LogP contribution is -2.14. The van der Waals surface area contributed by atoms with Crippen LogP contribution < -0.4 is 0 Å². The molecule has 0 saturated heterocycles. The molecule has 2 heteroatoms. The summed E-state index contributed by atoms with van der Waals surface area (Å²) in [5.74, 6) is 0. The van der Waals surface area contributed by atoms with E-state index in [9.17, 15) is 0 Å². The molecule has 0 aliphatic heterocycles. The minimum absolute atomic E-state index is 0. The van der Waals surface area contributed by atoms with E-state index in [4.69, 9.17) is 0 Å². The highest BCUT2D eigenvalue weighted by Crippen LogP contribution is 1.99. The second kappa shape index (κ2) is 10.3. The molecule has 1 nitrogen and oxygen atoms in total. The third-order valence-electron chi connectivity index (χ3n) is 1.69. The van der Waals surface area contributed by atoms with E-state index in [0.29, 0.717) is 0 Å². The maximum absolute atomic E-state index is 3.00. The highest BCUT2D eigenvalue weighted by Gasteiger charge is 1.91. The van der Waals surface area contributed by atoms with Crippen LogP contribution in [-0.2, 0) is 6.42 Å². The van der Waals surface area contributed by atoms with Crippen LogP contribution in [0.4, 0.5) is 0 Å². The van der Waals surface area contributed by atoms with Crippen molar-refractivity contribution in [3.63, 3.8) is 0 Å². The summed E-state index contributed by atoms with van der Waals surface area (Å²) in [6, 6.07) is 10.6. The molecular weight excluding hydrogens is 194 g/mol. The summed E-state index contributed by atoms with van der Waals surface area (Å²) in [6.45, 7) is 7.13. The van der Waals surface area contributed by atoms with E-state index in [0.717, 1.165) is 13.0 Å². The third kappa shape index (κ3) is 7.84. The Morgan fingerprint density at radius 2 is 1.57 bits per heavy atom. The highest BCUT2D eigenvalue weighted by molar-refractivity contribution is 5.85. The molecule has 14 heavy (non-hydrogen) atoms. The molecule has 0 aromatic heterocycles. The average Bonchev–Trinajstić information content (AvgIpc) is 2.19. The molecule has 0 aliphatic carbocycles. The van der Waals surface area contributed by atoms with E-state index < -0.39 is 0 Å². The minimum Gasteiger partial charge on any atom is -0.309 e. The van der Waals surface area contributed by atoms with Crippen LogP contribution in [0.1, 0.15) is 5.56 Å². The van der Waals surface area contributed by atoms with Gasteiger partial charge in [0.25, 0.3) is 0 Å². The van der Waals surface area contributed by atoms with Gasteiger partial charge in [0, 0.05) is 6.54 Å². The van der Waals surface area contributed by atoms with Crippen molar-refractivity contribution >= 4 is 12.4 Å². The van der Waals surface area contributed by atoms with Crippen molar-refractivity contribution in [3.8, 4) is 0 Å². The first kappa shape index (κ1) is 15.7. The largest absolute Gasteiger partial charge is 0.309 e. The van der Waals surface area contributed by atoms with E-state index in [1.807, 2.05) is 0 Å². The average molecular weight is 214 g/mol. The van der Waals surface area contributed by atoms with Crippen LogP contribution in [0.15, 0.2) is 43.5 Å². The first-order valence-electron chi connectivity index (χ1n) is 4.47. The van der Waals surface area contributed by atoms with Gasteiger partial charge < -0.3 is 4.90 Å². The van der Waals surface area contributed by atoms with Gasteiger partial charge in [-0.25, -0.2) is 0 Å². The molecule has 0 fully saturated rings. The minimum atomic E-state index is 0. The van der Waals surface area contributed by atoms with Crippen molar-refractivity contribution in [3.05, 3.63) is 49.1 Å². The Morgan fingerprint density at radius 3 is 2.00 bits per heavy atom. The van der Waals surface area contributed by atoms with Gasteiger partial charge >= 0.3 is 0 Å². The molecule has 1 rings (SSSR count). The fraction of sp³-hybridized carbons (Fsp3) is 0.333. The number of halogens is 1. The predicted octanol–water partition coefficient (Wildman–Crippen LogP) is 3.01. The Labute approximate surface area is 93.9 Å². The Kier molecular flexibility index (Phi) is 11.5. The van der Waals surface area contributed by atoms with Gasteiger partial charge in [0.1, 0.15) is 0 Å². The lowest BCUT2D eigenvalue weighted by molar-refractivity contribution is 0.413. The molecule has 0 spiro atoms. The van der Waals surface area contributed by atoms with E-state index in [2.05, 4.69) is 62.5 Å². The van der Waals surface area contributed by atoms with Crippen LogP contribution in [0.5, 0.6) is 0 Å². The molecule has 0 N–H and O–H groups in total. The van der Waals surface area contributed by atoms with Gasteiger partial charge in [0.05, 0.1) is 0 Å². The molecule has 80 valence electrons. The number of likely N-dealkylation sites (N-methyl/N-ethyl adjacent to an activating group) is 1. The molecule has 0 aliphatic rings. The normalized spacial score (nSPS) is 8.50. The quantitative estimate of drug-likeness (QED) is 0.698. The van der Waals surface area contributed by atoms with E-state index in [-0.39, 0.29) is 12.4 Å². The van der Waals surface area contributed by atoms with Crippen molar-refractivity contribution in [2.45, 2.75) is 6.42 Å². The summed E-state index contributed by atoms with van der Waals surface area (Å²) in [5.41, 5.74) is 1.42. The van der Waals surface area contributed by atoms with Gasteiger partial charge in [-0.05, 0) is 26.1 Å². The van der Waals surface area contributed by atoms with Crippen LogP contribution in [0.3, 0.4) is 0 Å².